The van der Waals surface area contributed by atoms with Crippen molar-refractivity contribution in [2.45, 2.75) is 32.3 Å². The van der Waals surface area contributed by atoms with Gasteiger partial charge in [0.15, 0.2) is 0 Å². The second-order valence-electron chi connectivity index (χ2n) is 6.93. The van der Waals surface area contributed by atoms with Crippen molar-refractivity contribution in [1.82, 2.24) is 4.90 Å². The van der Waals surface area contributed by atoms with Gasteiger partial charge in [0.05, 0.1) is 11.7 Å². The summed E-state index contributed by atoms with van der Waals surface area (Å²) in [6, 6.07) is 7.48. The van der Waals surface area contributed by atoms with Gasteiger partial charge in [-0.2, -0.15) is 0 Å². The first-order valence-electron chi connectivity index (χ1n) is 8.44. The van der Waals surface area contributed by atoms with Crippen LogP contribution < -0.4 is 10.5 Å². The fraction of sp³-hybridized carbons (Fsp3) is 0.611. The van der Waals surface area contributed by atoms with Gasteiger partial charge in [0, 0.05) is 19.7 Å². The summed E-state index contributed by atoms with van der Waals surface area (Å²) >= 11 is 0. The van der Waals surface area contributed by atoms with Gasteiger partial charge < -0.3 is 20.1 Å². The van der Waals surface area contributed by atoms with Gasteiger partial charge in [0.2, 0.25) is 0 Å². The Balaban J connectivity index is 1.68. The first-order valence-corrected chi connectivity index (χ1v) is 8.44. The van der Waals surface area contributed by atoms with Gasteiger partial charge in [-0.15, -0.1) is 0 Å². The van der Waals surface area contributed by atoms with E-state index in [-0.39, 0.29) is 17.4 Å². The maximum Gasteiger partial charge on any atom is 0.257 e. The van der Waals surface area contributed by atoms with E-state index < -0.39 is 0 Å². The van der Waals surface area contributed by atoms with Crippen molar-refractivity contribution in [1.29, 1.82) is 0 Å². The van der Waals surface area contributed by atoms with Crippen molar-refractivity contribution in [2.75, 3.05) is 32.8 Å². The summed E-state index contributed by atoms with van der Waals surface area (Å²) in [5.74, 6) is 0.680. The van der Waals surface area contributed by atoms with Gasteiger partial charge >= 0.3 is 0 Å². The predicted molar refractivity (Wildman–Crippen MR) is 88.6 cm³/mol. The van der Waals surface area contributed by atoms with E-state index in [4.69, 9.17) is 15.2 Å². The summed E-state index contributed by atoms with van der Waals surface area (Å²) in [4.78, 5) is 14.7. The van der Waals surface area contributed by atoms with E-state index in [2.05, 4.69) is 6.92 Å². The Labute approximate surface area is 137 Å². The number of rotatable bonds is 5. The highest BCUT2D eigenvalue weighted by molar-refractivity contribution is 5.97. The highest BCUT2D eigenvalue weighted by Crippen LogP contribution is 2.31. The Morgan fingerprint density at radius 2 is 2.30 bits per heavy atom. The van der Waals surface area contributed by atoms with Crippen molar-refractivity contribution in [3.05, 3.63) is 29.8 Å². The first kappa shape index (κ1) is 16.3. The average Bonchev–Trinajstić information content (AvgIpc) is 3.23. The Kier molecular flexibility index (Phi) is 4.87. The van der Waals surface area contributed by atoms with Crippen LogP contribution in [0.4, 0.5) is 0 Å². The number of carbonyl (C=O) groups excluding carboxylic acids is 1. The van der Waals surface area contributed by atoms with E-state index in [0.717, 1.165) is 32.4 Å². The number of amides is 1. The Morgan fingerprint density at radius 3 is 3.00 bits per heavy atom. The molecule has 1 aromatic carbocycles. The minimum absolute atomic E-state index is 0.0309. The van der Waals surface area contributed by atoms with Gasteiger partial charge in [0.25, 0.3) is 5.91 Å². The summed E-state index contributed by atoms with van der Waals surface area (Å²) < 4.78 is 11.5. The molecule has 3 rings (SSSR count). The maximum absolute atomic E-state index is 12.8. The third-order valence-corrected chi connectivity index (χ3v) is 4.90. The summed E-state index contributed by atoms with van der Waals surface area (Å²) in [6.45, 7) is 5.52. The van der Waals surface area contributed by atoms with Gasteiger partial charge in [0.1, 0.15) is 12.4 Å². The lowest BCUT2D eigenvalue weighted by Gasteiger charge is -2.23. The van der Waals surface area contributed by atoms with Crippen LogP contribution in [0.5, 0.6) is 5.75 Å². The van der Waals surface area contributed by atoms with Crippen molar-refractivity contribution >= 4 is 5.91 Å². The van der Waals surface area contributed by atoms with Gasteiger partial charge in [-0.3, -0.25) is 4.79 Å². The summed E-state index contributed by atoms with van der Waals surface area (Å²) in [6.07, 6.45) is 3.20. The normalized spacial score (nSPS) is 27.4. The molecule has 0 aromatic heterocycles. The quantitative estimate of drug-likeness (QED) is 0.902. The molecule has 126 valence electrons. The second kappa shape index (κ2) is 6.89. The molecule has 0 saturated carbocycles. The summed E-state index contributed by atoms with van der Waals surface area (Å²) in [5, 5.41) is 0. The fourth-order valence-electron chi connectivity index (χ4n) is 3.26. The topological polar surface area (TPSA) is 64.8 Å². The Morgan fingerprint density at radius 1 is 1.48 bits per heavy atom. The zero-order valence-corrected chi connectivity index (χ0v) is 13.8. The maximum atomic E-state index is 12.8. The molecule has 0 radical (unpaired) electrons. The number of nitrogens with two attached hydrogens (primary N) is 1. The number of carbonyl (C=O) groups is 1. The molecule has 5 nitrogen and oxygen atoms in total. The smallest absolute Gasteiger partial charge is 0.257 e. The minimum atomic E-state index is 0.0309. The molecule has 23 heavy (non-hydrogen) atoms. The van der Waals surface area contributed by atoms with Crippen LogP contribution in [0.15, 0.2) is 24.3 Å². The molecule has 2 saturated heterocycles. The van der Waals surface area contributed by atoms with E-state index >= 15 is 0 Å². The molecule has 0 spiro atoms. The highest BCUT2D eigenvalue weighted by Gasteiger charge is 2.35. The first-order chi connectivity index (χ1) is 11.1. The molecule has 5 heteroatoms. The van der Waals surface area contributed by atoms with Crippen LogP contribution in [-0.2, 0) is 4.74 Å². The molecule has 2 fully saturated rings. The zero-order valence-electron chi connectivity index (χ0n) is 13.8. The van der Waals surface area contributed by atoms with E-state index in [1.165, 1.54) is 0 Å². The molecule has 2 aliphatic heterocycles. The standard InChI is InChI=1S/C18H26N2O3/c1-18(12-19)8-9-20(13-18)17(21)15-6-2-3-7-16(15)23-11-14-5-4-10-22-14/h2-3,6-7,14H,4-5,8-13,19H2,1H3. The van der Waals surface area contributed by atoms with E-state index in [9.17, 15) is 4.79 Å². The molecule has 2 unspecified atom stereocenters. The highest BCUT2D eigenvalue weighted by atomic mass is 16.5. The van der Waals surface area contributed by atoms with Crippen molar-refractivity contribution < 1.29 is 14.3 Å². The lowest BCUT2D eigenvalue weighted by molar-refractivity contribution is 0.0655. The zero-order chi connectivity index (χ0) is 16.3. The van der Waals surface area contributed by atoms with Crippen LogP contribution in [0, 0.1) is 5.41 Å². The molecule has 2 heterocycles. The van der Waals surface area contributed by atoms with Crippen LogP contribution in [0.2, 0.25) is 0 Å². The molecule has 2 aliphatic rings. The number of nitrogens with zero attached hydrogens (tertiary/aromatic N) is 1. The molecule has 1 aromatic rings. The number of ether oxygens (including phenoxy) is 2. The average molecular weight is 318 g/mol. The Bertz CT molecular complexity index is 557. The van der Waals surface area contributed by atoms with E-state index in [1.54, 1.807) is 0 Å². The molecular formula is C18H26N2O3. The van der Waals surface area contributed by atoms with Gasteiger partial charge in [-0.05, 0) is 43.4 Å². The lowest BCUT2D eigenvalue weighted by Crippen LogP contribution is -2.34. The molecule has 2 atom stereocenters. The van der Waals surface area contributed by atoms with Crippen molar-refractivity contribution in [3.63, 3.8) is 0 Å². The molecule has 0 aliphatic carbocycles. The molecule has 0 bridgehead atoms. The third kappa shape index (κ3) is 3.67. The van der Waals surface area contributed by atoms with Crippen molar-refractivity contribution in [2.24, 2.45) is 11.1 Å². The number of benzene rings is 1. The number of hydrogen-bond donors (Lipinski definition) is 1. The predicted octanol–water partition coefficient (Wildman–Crippen LogP) is 2.06. The molecular weight excluding hydrogens is 292 g/mol. The van der Waals surface area contributed by atoms with Crippen LogP contribution in [0.25, 0.3) is 0 Å². The summed E-state index contributed by atoms with van der Waals surface area (Å²) in [5.41, 5.74) is 6.50. The number of likely N-dealkylation sites (tertiary alicyclic amines) is 1. The van der Waals surface area contributed by atoms with Crippen LogP contribution in [-0.4, -0.2) is 49.8 Å². The third-order valence-electron chi connectivity index (χ3n) is 4.90. The van der Waals surface area contributed by atoms with Crippen molar-refractivity contribution in [3.8, 4) is 5.75 Å². The molecule has 2 N–H and O–H groups in total. The van der Waals surface area contributed by atoms with Crippen LogP contribution in [0.3, 0.4) is 0 Å². The lowest BCUT2D eigenvalue weighted by atomic mass is 9.90. The van der Waals surface area contributed by atoms with Crippen LogP contribution in [0.1, 0.15) is 36.5 Å². The fourth-order valence-corrected chi connectivity index (χ4v) is 3.26. The van der Waals surface area contributed by atoms with Gasteiger partial charge in [-0.1, -0.05) is 19.1 Å². The number of hydrogen-bond acceptors (Lipinski definition) is 4. The van der Waals surface area contributed by atoms with Gasteiger partial charge in [-0.25, -0.2) is 0 Å². The largest absolute Gasteiger partial charge is 0.490 e. The SMILES string of the molecule is CC1(CN)CCN(C(=O)c2ccccc2OCC2CCCO2)C1. The van der Waals surface area contributed by atoms with Crippen LogP contribution >= 0.6 is 0 Å². The minimum Gasteiger partial charge on any atom is -0.490 e. The van der Waals surface area contributed by atoms with E-state index in [0.29, 0.717) is 31.0 Å². The second-order valence-corrected chi connectivity index (χ2v) is 6.93. The molecule has 1 amide bonds. The monoisotopic (exact) mass is 318 g/mol. The number of para-hydroxylation sites is 1. The summed E-state index contributed by atoms with van der Waals surface area (Å²) in [7, 11) is 0. The Hall–Kier alpha value is -1.59. The van der Waals surface area contributed by atoms with E-state index in [1.807, 2.05) is 29.2 Å².